The molecule has 0 aromatic carbocycles. The Hall–Kier alpha value is -0.790. The average Bonchev–Trinajstić information content (AvgIpc) is 2.33. The fourth-order valence-corrected chi connectivity index (χ4v) is 2.33. The highest BCUT2D eigenvalue weighted by Gasteiger charge is 2.08. The molecule has 2 heteroatoms. The molecule has 0 aromatic heterocycles. The van der Waals surface area contributed by atoms with Crippen LogP contribution in [-0.2, 0) is 9.53 Å². The predicted molar refractivity (Wildman–Crippen MR) is 75.5 cm³/mol. The van der Waals surface area contributed by atoms with E-state index in [9.17, 15) is 4.79 Å². The Bertz CT molecular complexity index is 245. The maximum Gasteiger partial charge on any atom is 0.306 e. The van der Waals surface area contributed by atoms with E-state index in [0.29, 0.717) is 6.42 Å². The first kappa shape index (κ1) is 15.3. The minimum Gasteiger partial charge on any atom is -0.463 e. The maximum atomic E-state index is 11.5. The first-order chi connectivity index (χ1) is 8.79. The summed E-state index contributed by atoms with van der Waals surface area (Å²) in [6, 6.07) is 0. The van der Waals surface area contributed by atoms with Crippen LogP contribution in [0.3, 0.4) is 0 Å². The Morgan fingerprint density at radius 1 is 0.944 bits per heavy atom. The largest absolute Gasteiger partial charge is 0.463 e. The normalized spacial score (nSPS) is 27.4. The molecule has 2 nitrogen and oxygen atoms in total. The van der Waals surface area contributed by atoms with Crippen molar-refractivity contribution in [2.45, 2.75) is 83.7 Å². The molecule has 1 aliphatic rings. The first-order valence-corrected chi connectivity index (χ1v) is 7.63. The minimum atomic E-state index is -0.0152. The van der Waals surface area contributed by atoms with Crippen LogP contribution in [0.25, 0.3) is 0 Å². The van der Waals surface area contributed by atoms with Gasteiger partial charge in [0, 0.05) is 6.42 Å². The van der Waals surface area contributed by atoms with Crippen LogP contribution in [0.15, 0.2) is 12.2 Å². The molecule has 0 amide bonds. The van der Waals surface area contributed by atoms with E-state index in [0.717, 1.165) is 25.7 Å². The number of allylic oxidation sites excluding steroid dienone is 2. The van der Waals surface area contributed by atoms with Crippen molar-refractivity contribution in [1.82, 2.24) is 0 Å². The smallest absolute Gasteiger partial charge is 0.306 e. The lowest BCUT2D eigenvalue weighted by Crippen LogP contribution is -2.14. The van der Waals surface area contributed by atoms with E-state index in [-0.39, 0.29) is 12.1 Å². The highest BCUT2D eigenvalue weighted by atomic mass is 16.5. The number of ether oxygens (including phenoxy) is 1. The van der Waals surface area contributed by atoms with Crippen LogP contribution in [0.4, 0.5) is 0 Å². The summed E-state index contributed by atoms with van der Waals surface area (Å²) in [6.45, 7) is 2.02. The van der Waals surface area contributed by atoms with E-state index >= 15 is 0 Å². The molecule has 1 aliphatic heterocycles. The van der Waals surface area contributed by atoms with Crippen molar-refractivity contribution in [3.05, 3.63) is 12.2 Å². The van der Waals surface area contributed by atoms with Gasteiger partial charge in [-0.1, -0.05) is 31.4 Å². The molecule has 1 heterocycles. The zero-order valence-electron chi connectivity index (χ0n) is 11.8. The lowest BCUT2D eigenvalue weighted by Gasteiger charge is -2.13. The van der Waals surface area contributed by atoms with Gasteiger partial charge in [0.25, 0.3) is 0 Å². The van der Waals surface area contributed by atoms with Crippen LogP contribution in [-0.4, -0.2) is 12.1 Å². The SMILES string of the molecule is CC1CCCCCCC/C=C/CCCCC(=O)O1. The van der Waals surface area contributed by atoms with Gasteiger partial charge >= 0.3 is 5.97 Å². The highest BCUT2D eigenvalue weighted by Crippen LogP contribution is 2.12. The number of cyclic esters (lactones) is 1. The molecule has 0 bridgehead atoms. The van der Waals surface area contributed by atoms with Crippen LogP contribution in [0.1, 0.15) is 77.6 Å². The van der Waals surface area contributed by atoms with Crippen LogP contribution in [0.2, 0.25) is 0 Å². The Morgan fingerprint density at radius 3 is 2.33 bits per heavy atom. The fourth-order valence-electron chi connectivity index (χ4n) is 2.33. The summed E-state index contributed by atoms with van der Waals surface area (Å²) < 4.78 is 5.39. The summed E-state index contributed by atoms with van der Waals surface area (Å²) in [4.78, 5) is 11.5. The Balaban J connectivity index is 2.28. The van der Waals surface area contributed by atoms with Crippen LogP contribution >= 0.6 is 0 Å². The molecule has 1 atom stereocenters. The van der Waals surface area contributed by atoms with Crippen molar-refractivity contribution in [3.8, 4) is 0 Å². The number of esters is 1. The molecule has 0 spiro atoms. The quantitative estimate of drug-likeness (QED) is 0.458. The number of hydrogen-bond donors (Lipinski definition) is 0. The van der Waals surface area contributed by atoms with Crippen molar-refractivity contribution in [3.63, 3.8) is 0 Å². The number of hydrogen-bond acceptors (Lipinski definition) is 2. The van der Waals surface area contributed by atoms with Gasteiger partial charge in [-0.2, -0.15) is 0 Å². The molecule has 0 aliphatic carbocycles. The maximum absolute atomic E-state index is 11.5. The molecule has 18 heavy (non-hydrogen) atoms. The molecule has 0 aromatic rings. The van der Waals surface area contributed by atoms with Crippen molar-refractivity contribution in [2.24, 2.45) is 0 Å². The summed E-state index contributed by atoms with van der Waals surface area (Å²) in [6.07, 6.45) is 17.1. The highest BCUT2D eigenvalue weighted by molar-refractivity contribution is 5.69. The Morgan fingerprint density at radius 2 is 1.56 bits per heavy atom. The number of rotatable bonds is 0. The third-order valence-corrected chi connectivity index (χ3v) is 3.48. The van der Waals surface area contributed by atoms with Gasteiger partial charge in [-0.15, -0.1) is 0 Å². The standard InChI is InChI=1S/C16H28O2/c1-15-13-11-9-7-5-3-2-4-6-8-10-12-14-16(17)18-15/h4,6,15H,2-3,5,7-14H2,1H3/b6-4+. The summed E-state index contributed by atoms with van der Waals surface area (Å²) in [7, 11) is 0. The van der Waals surface area contributed by atoms with E-state index in [2.05, 4.69) is 12.2 Å². The Labute approximate surface area is 112 Å². The predicted octanol–water partition coefficient (Wildman–Crippen LogP) is 4.78. The molecular weight excluding hydrogens is 224 g/mol. The second-order valence-electron chi connectivity index (χ2n) is 5.36. The van der Waals surface area contributed by atoms with Crippen LogP contribution in [0.5, 0.6) is 0 Å². The second kappa shape index (κ2) is 10.2. The second-order valence-corrected chi connectivity index (χ2v) is 5.36. The van der Waals surface area contributed by atoms with Crippen molar-refractivity contribution in [2.75, 3.05) is 0 Å². The zero-order chi connectivity index (χ0) is 13.1. The van der Waals surface area contributed by atoms with Crippen molar-refractivity contribution < 1.29 is 9.53 Å². The summed E-state index contributed by atoms with van der Waals surface area (Å²) in [5.74, 6) is -0.0152. The lowest BCUT2D eigenvalue weighted by atomic mass is 10.1. The van der Waals surface area contributed by atoms with Crippen molar-refractivity contribution in [1.29, 1.82) is 0 Å². The van der Waals surface area contributed by atoms with Gasteiger partial charge in [0.2, 0.25) is 0 Å². The Kier molecular flexibility index (Phi) is 8.62. The van der Waals surface area contributed by atoms with Gasteiger partial charge in [-0.25, -0.2) is 0 Å². The molecule has 0 saturated carbocycles. The van der Waals surface area contributed by atoms with Gasteiger partial charge in [0.1, 0.15) is 0 Å². The van der Waals surface area contributed by atoms with Gasteiger partial charge < -0.3 is 4.74 Å². The molecule has 1 rings (SSSR count). The third-order valence-electron chi connectivity index (χ3n) is 3.48. The molecule has 1 unspecified atom stereocenters. The van der Waals surface area contributed by atoms with Gasteiger partial charge in [0.15, 0.2) is 0 Å². The average molecular weight is 252 g/mol. The third kappa shape index (κ3) is 8.32. The van der Waals surface area contributed by atoms with Crippen LogP contribution in [0, 0.1) is 0 Å². The van der Waals surface area contributed by atoms with Gasteiger partial charge in [0.05, 0.1) is 6.10 Å². The van der Waals surface area contributed by atoms with E-state index in [1.54, 1.807) is 0 Å². The minimum absolute atomic E-state index is 0.0152. The monoisotopic (exact) mass is 252 g/mol. The van der Waals surface area contributed by atoms with E-state index < -0.39 is 0 Å². The van der Waals surface area contributed by atoms with Gasteiger partial charge in [-0.05, 0) is 51.9 Å². The topological polar surface area (TPSA) is 26.3 Å². The lowest BCUT2D eigenvalue weighted by molar-refractivity contribution is -0.148. The molecule has 104 valence electrons. The summed E-state index contributed by atoms with van der Waals surface area (Å²) in [5.41, 5.74) is 0. The molecule has 0 N–H and O–H groups in total. The first-order valence-electron chi connectivity index (χ1n) is 7.63. The zero-order valence-corrected chi connectivity index (χ0v) is 11.8. The summed E-state index contributed by atoms with van der Waals surface area (Å²) >= 11 is 0. The summed E-state index contributed by atoms with van der Waals surface area (Å²) in [5, 5.41) is 0. The van der Waals surface area contributed by atoms with E-state index in [4.69, 9.17) is 4.74 Å². The van der Waals surface area contributed by atoms with Gasteiger partial charge in [-0.3, -0.25) is 4.79 Å². The molecular formula is C16H28O2. The van der Waals surface area contributed by atoms with Crippen molar-refractivity contribution >= 4 is 5.97 Å². The van der Waals surface area contributed by atoms with Crippen LogP contribution < -0.4 is 0 Å². The number of carbonyl (C=O) groups excluding carboxylic acids is 1. The van der Waals surface area contributed by atoms with E-state index in [1.165, 1.54) is 38.5 Å². The fraction of sp³-hybridized carbons (Fsp3) is 0.812. The molecule has 0 radical (unpaired) electrons. The van der Waals surface area contributed by atoms with E-state index in [1.807, 2.05) is 6.92 Å². The molecule has 0 saturated heterocycles. The number of carbonyl (C=O) groups is 1. The molecule has 0 fully saturated rings.